The molecule has 24 heavy (non-hydrogen) atoms. The van der Waals surface area contributed by atoms with Gasteiger partial charge in [-0.3, -0.25) is 10.1 Å². The summed E-state index contributed by atoms with van der Waals surface area (Å²) in [7, 11) is 0. The van der Waals surface area contributed by atoms with Crippen molar-refractivity contribution in [3.8, 4) is 11.1 Å². The minimum absolute atomic E-state index is 0.133. The lowest BCUT2D eigenvalue weighted by molar-refractivity contribution is -0.384. The van der Waals surface area contributed by atoms with Crippen molar-refractivity contribution in [2.75, 3.05) is 0 Å². The largest absolute Gasteiger partial charge is 0.315 e. The van der Waals surface area contributed by atoms with Crippen molar-refractivity contribution in [1.82, 2.24) is 4.40 Å². The zero-order valence-electron chi connectivity index (χ0n) is 12.6. The van der Waals surface area contributed by atoms with Crippen LogP contribution in [0.4, 0.5) is 5.69 Å². The third-order valence-electron chi connectivity index (χ3n) is 4.67. The second kappa shape index (κ2) is 4.55. The zero-order chi connectivity index (χ0) is 16.3. The average molecular weight is 312 g/mol. The maximum absolute atomic E-state index is 11.3. The molecule has 4 nitrogen and oxygen atoms in total. The van der Waals surface area contributed by atoms with Gasteiger partial charge in [0.2, 0.25) is 0 Å². The Kier molecular flexibility index (Phi) is 2.48. The molecule has 0 N–H and O–H groups in total. The van der Waals surface area contributed by atoms with Crippen molar-refractivity contribution in [3.05, 3.63) is 83.0 Å². The van der Waals surface area contributed by atoms with E-state index in [2.05, 4.69) is 40.9 Å². The molecule has 0 radical (unpaired) electrons. The monoisotopic (exact) mass is 312 g/mol. The molecule has 0 aliphatic carbocycles. The maximum atomic E-state index is 11.3. The van der Waals surface area contributed by atoms with Gasteiger partial charge in [0.15, 0.2) is 0 Å². The molecule has 0 spiro atoms. The molecular formula is C20H12N2O2. The topological polar surface area (TPSA) is 47.5 Å². The van der Waals surface area contributed by atoms with Gasteiger partial charge in [-0.2, -0.15) is 0 Å². The summed E-state index contributed by atoms with van der Waals surface area (Å²) in [5, 5.41) is 14.8. The van der Waals surface area contributed by atoms with Gasteiger partial charge in [0, 0.05) is 28.4 Å². The molecule has 0 aliphatic rings. The fraction of sp³-hybridized carbons (Fsp3) is 0. The molecule has 114 valence electrons. The van der Waals surface area contributed by atoms with E-state index in [1.165, 1.54) is 16.3 Å². The second-order valence-corrected chi connectivity index (χ2v) is 5.94. The standard InChI is InChI=1S/C20H12N2O2/c23-22(24)19-7-2-1-5-15(19)14-8-9-18-17(12-14)16-6-3-4-13-10-11-21(18)20(13)16/h1-12H. The van der Waals surface area contributed by atoms with Crippen LogP contribution in [0.15, 0.2) is 72.9 Å². The van der Waals surface area contributed by atoms with Crippen molar-refractivity contribution in [3.63, 3.8) is 0 Å². The van der Waals surface area contributed by atoms with E-state index >= 15 is 0 Å². The Morgan fingerprint density at radius 3 is 2.62 bits per heavy atom. The molecule has 0 saturated carbocycles. The number of benzene rings is 3. The Hall–Kier alpha value is -3.40. The third-order valence-corrected chi connectivity index (χ3v) is 4.67. The van der Waals surface area contributed by atoms with Gasteiger partial charge in [0.05, 0.1) is 21.5 Å². The number of nitro groups is 1. The van der Waals surface area contributed by atoms with E-state index in [4.69, 9.17) is 0 Å². The number of fused-ring (bicyclic) bond motifs is 3. The summed E-state index contributed by atoms with van der Waals surface area (Å²) in [4.78, 5) is 11.0. The summed E-state index contributed by atoms with van der Waals surface area (Å²) in [5.74, 6) is 0. The summed E-state index contributed by atoms with van der Waals surface area (Å²) >= 11 is 0. The maximum Gasteiger partial charge on any atom is 0.277 e. The van der Waals surface area contributed by atoms with Gasteiger partial charge in [-0.25, -0.2) is 0 Å². The molecule has 0 fully saturated rings. The van der Waals surface area contributed by atoms with Crippen LogP contribution in [0.2, 0.25) is 0 Å². The first kappa shape index (κ1) is 13.1. The van der Waals surface area contributed by atoms with Gasteiger partial charge < -0.3 is 4.40 Å². The normalized spacial score (nSPS) is 11.7. The Labute approximate surface area is 137 Å². The first-order valence-corrected chi connectivity index (χ1v) is 7.73. The highest BCUT2D eigenvalue weighted by molar-refractivity contribution is 6.15. The highest BCUT2D eigenvalue weighted by atomic mass is 16.6. The van der Waals surface area contributed by atoms with Gasteiger partial charge in [0.1, 0.15) is 0 Å². The SMILES string of the molecule is O=[N+]([O-])c1ccccc1-c1ccc2c(c1)c1cccc3ccn2c31. The van der Waals surface area contributed by atoms with E-state index in [9.17, 15) is 10.1 Å². The number of nitro benzene ring substituents is 1. The quantitative estimate of drug-likeness (QED) is 0.330. The van der Waals surface area contributed by atoms with Crippen LogP contribution in [-0.4, -0.2) is 9.32 Å². The van der Waals surface area contributed by atoms with Crippen LogP contribution < -0.4 is 0 Å². The van der Waals surface area contributed by atoms with E-state index in [1.807, 2.05) is 18.2 Å². The molecule has 5 rings (SSSR count). The van der Waals surface area contributed by atoms with Crippen molar-refractivity contribution >= 4 is 32.9 Å². The fourth-order valence-electron chi connectivity index (χ4n) is 3.62. The molecule has 4 heteroatoms. The molecule has 0 bridgehead atoms. The van der Waals surface area contributed by atoms with Crippen LogP contribution in [0.1, 0.15) is 0 Å². The van der Waals surface area contributed by atoms with Gasteiger partial charge >= 0.3 is 0 Å². The molecule has 0 amide bonds. The van der Waals surface area contributed by atoms with Crippen LogP contribution in [0.3, 0.4) is 0 Å². The summed E-state index contributed by atoms with van der Waals surface area (Å²) in [6.45, 7) is 0. The van der Waals surface area contributed by atoms with Gasteiger partial charge in [-0.05, 0) is 29.8 Å². The molecular weight excluding hydrogens is 300 g/mol. The van der Waals surface area contributed by atoms with Crippen molar-refractivity contribution in [2.24, 2.45) is 0 Å². The van der Waals surface area contributed by atoms with Crippen molar-refractivity contribution in [1.29, 1.82) is 0 Å². The number of hydrogen-bond donors (Lipinski definition) is 0. The molecule has 2 heterocycles. The minimum atomic E-state index is -0.327. The Balaban J connectivity index is 1.86. The molecule has 2 aromatic heterocycles. The summed E-state index contributed by atoms with van der Waals surface area (Å²) in [6, 6.07) is 21.3. The molecule has 5 aromatic rings. The summed E-state index contributed by atoms with van der Waals surface area (Å²) in [5.41, 5.74) is 3.96. The number of para-hydroxylation sites is 2. The number of rotatable bonds is 2. The van der Waals surface area contributed by atoms with Crippen LogP contribution in [0, 0.1) is 10.1 Å². The summed E-state index contributed by atoms with van der Waals surface area (Å²) < 4.78 is 2.18. The predicted octanol–water partition coefficient (Wildman–Crippen LogP) is 5.26. The van der Waals surface area contributed by atoms with Crippen molar-refractivity contribution in [2.45, 2.75) is 0 Å². The van der Waals surface area contributed by atoms with Gasteiger partial charge in [0.25, 0.3) is 5.69 Å². The Morgan fingerprint density at radius 1 is 0.875 bits per heavy atom. The molecule has 0 unspecified atom stereocenters. The van der Waals surface area contributed by atoms with Crippen LogP contribution in [0.5, 0.6) is 0 Å². The van der Waals surface area contributed by atoms with E-state index < -0.39 is 0 Å². The van der Waals surface area contributed by atoms with Gasteiger partial charge in [-0.1, -0.05) is 36.4 Å². The first-order valence-electron chi connectivity index (χ1n) is 7.73. The number of hydrogen-bond acceptors (Lipinski definition) is 2. The van der Waals surface area contributed by atoms with Crippen LogP contribution in [-0.2, 0) is 0 Å². The number of aromatic nitrogens is 1. The molecule has 0 aliphatic heterocycles. The van der Waals surface area contributed by atoms with E-state index in [0.717, 1.165) is 16.5 Å². The Morgan fingerprint density at radius 2 is 1.75 bits per heavy atom. The first-order chi connectivity index (χ1) is 11.7. The smallest absolute Gasteiger partial charge is 0.277 e. The lowest BCUT2D eigenvalue weighted by atomic mass is 10.0. The highest BCUT2D eigenvalue weighted by Crippen LogP contribution is 2.37. The zero-order valence-corrected chi connectivity index (χ0v) is 12.6. The van der Waals surface area contributed by atoms with Gasteiger partial charge in [-0.15, -0.1) is 0 Å². The van der Waals surface area contributed by atoms with Crippen LogP contribution >= 0.6 is 0 Å². The van der Waals surface area contributed by atoms with E-state index in [1.54, 1.807) is 18.2 Å². The fourth-order valence-corrected chi connectivity index (χ4v) is 3.62. The molecule has 0 saturated heterocycles. The van der Waals surface area contributed by atoms with Crippen LogP contribution in [0.25, 0.3) is 38.3 Å². The third kappa shape index (κ3) is 1.62. The average Bonchev–Trinajstić information content (AvgIpc) is 3.18. The molecule has 3 aromatic carbocycles. The number of nitrogens with zero attached hydrogens (tertiary/aromatic N) is 2. The van der Waals surface area contributed by atoms with Crippen molar-refractivity contribution < 1.29 is 4.92 Å². The van der Waals surface area contributed by atoms with E-state index in [0.29, 0.717) is 5.56 Å². The summed E-state index contributed by atoms with van der Waals surface area (Å²) in [6.07, 6.45) is 2.07. The Bertz CT molecular complexity index is 1240. The lowest BCUT2D eigenvalue weighted by Gasteiger charge is -2.04. The molecule has 0 atom stereocenters. The predicted molar refractivity (Wildman–Crippen MR) is 95.7 cm³/mol. The highest BCUT2D eigenvalue weighted by Gasteiger charge is 2.16. The second-order valence-electron chi connectivity index (χ2n) is 5.94. The van der Waals surface area contributed by atoms with E-state index in [-0.39, 0.29) is 10.6 Å². The lowest BCUT2D eigenvalue weighted by Crippen LogP contribution is -1.91. The minimum Gasteiger partial charge on any atom is -0.315 e.